The van der Waals surface area contributed by atoms with E-state index in [0.717, 1.165) is 24.3 Å². The zero-order valence-corrected chi connectivity index (χ0v) is 9.69. The lowest BCUT2D eigenvalue weighted by atomic mass is 10.1. The molecule has 1 aromatic carbocycles. The first-order valence-corrected chi connectivity index (χ1v) is 5.42. The highest BCUT2D eigenvalue weighted by atomic mass is 19.4. The molecular weight excluding hydrogens is 257 g/mol. The van der Waals surface area contributed by atoms with Gasteiger partial charge >= 0.3 is 12.1 Å². The molecule has 2 aromatic rings. The second kappa shape index (κ2) is 5.09. The van der Waals surface area contributed by atoms with Crippen LogP contribution in [0.2, 0.25) is 0 Å². The standard InChI is InChI=1S/C13H9F3N2O/c14-13(15,16)11-6-4-10(5-7-11)12(19)17-18-8-2-1-3-9-18/h1-9H/p+1. The van der Waals surface area contributed by atoms with Gasteiger partial charge in [0.05, 0.1) is 5.56 Å². The lowest BCUT2D eigenvalue weighted by molar-refractivity contribution is -0.641. The molecule has 0 radical (unpaired) electrons. The summed E-state index contributed by atoms with van der Waals surface area (Å²) in [5.41, 5.74) is 1.89. The van der Waals surface area contributed by atoms with Crippen molar-refractivity contribution in [3.05, 3.63) is 66.0 Å². The summed E-state index contributed by atoms with van der Waals surface area (Å²) in [5, 5.41) is 0. The Hall–Kier alpha value is -2.37. The van der Waals surface area contributed by atoms with E-state index in [1.165, 1.54) is 4.68 Å². The van der Waals surface area contributed by atoms with Crippen molar-refractivity contribution in [3.8, 4) is 0 Å². The molecule has 0 unspecified atom stereocenters. The van der Waals surface area contributed by atoms with Crippen LogP contribution in [-0.4, -0.2) is 5.91 Å². The van der Waals surface area contributed by atoms with Crippen molar-refractivity contribution >= 4 is 5.91 Å². The molecule has 1 amide bonds. The van der Waals surface area contributed by atoms with Crippen LogP contribution in [-0.2, 0) is 6.18 Å². The largest absolute Gasteiger partial charge is 0.416 e. The SMILES string of the molecule is O=C(N[n+]1ccccc1)c1ccc(C(F)(F)F)cc1. The van der Waals surface area contributed by atoms with Gasteiger partial charge in [-0.25, -0.2) is 0 Å². The molecule has 19 heavy (non-hydrogen) atoms. The van der Waals surface area contributed by atoms with Crippen molar-refractivity contribution in [1.29, 1.82) is 0 Å². The molecule has 0 atom stereocenters. The van der Waals surface area contributed by atoms with Crippen LogP contribution in [0.5, 0.6) is 0 Å². The zero-order chi connectivity index (χ0) is 13.9. The highest BCUT2D eigenvalue weighted by Crippen LogP contribution is 2.28. The Bertz CT molecular complexity index is 565. The average Bonchev–Trinajstić information content (AvgIpc) is 2.39. The highest BCUT2D eigenvalue weighted by molar-refractivity contribution is 5.98. The van der Waals surface area contributed by atoms with Crippen LogP contribution >= 0.6 is 0 Å². The molecule has 0 fully saturated rings. The average molecular weight is 267 g/mol. The first-order chi connectivity index (χ1) is 8.97. The lowest BCUT2D eigenvalue weighted by Gasteiger charge is -2.06. The van der Waals surface area contributed by atoms with Crippen molar-refractivity contribution in [2.24, 2.45) is 0 Å². The molecule has 98 valence electrons. The summed E-state index contributed by atoms with van der Waals surface area (Å²) < 4.78 is 38.5. The minimum Gasteiger partial charge on any atom is -0.264 e. The van der Waals surface area contributed by atoms with Crippen molar-refractivity contribution in [2.75, 3.05) is 5.43 Å². The molecule has 0 bridgehead atoms. The Morgan fingerprint density at radius 3 is 2.11 bits per heavy atom. The maximum absolute atomic E-state index is 12.4. The van der Waals surface area contributed by atoms with Gasteiger partial charge in [-0.1, -0.05) is 10.7 Å². The summed E-state index contributed by atoms with van der Waals surface area (Å²) in [5.74, 6) is -0.482. The molecule has 0 aliphatic rings. The molecule has 1 heterocycles. The molecule has 3 nitrogen and oxygen atoms in total. The van der Waals surface area contributed by atoms with Gasteiger partial charge < -0.3 is 0 Å². The van der Waals surface area contributed by atoms with Gasteiger partial charge in [0.1, 0.15) is 0 Å². The first kappa shape index (κ1) is 13.1. The van der Waals surface area contributed by atoms with E-state index in [0.29, 0.717) is 0 Å². The number of nitrogens with zero attached hydrogens (tertiary/aromatic N) is 1. The molecular formula is C13H10F3N2O+. The second-order valence-corrected chi connectivity index (χ2v) is 3.80. The summed E-state index contributed by atoms with van der Waals surface area (Å²) in [6, 6.07) is 9.25. The molecule has 0 saturated heterocycles. The maximum Gasteiger partial charge on any atom is 0.416 e. The van der Waals surface area contributed by atoms with Crippen LogP contribution in [0.1, 0.15) is 15.9 Å². The Morgan fingerprint density at radius 1 is 1.00 bits per heavy atom. The number of halogens is 3. The molecule has 2 rings (SSSR count). The number of hydrogen-bond acceptors (Lipinski definition) is 1. The number of aromatic nitrogens is 1. The van der Waals surface area contributed by atoms with Gasteiger partial charge in [0.2, 0.25) is 0 Å². The topological polar surface area (TPSA) is 33.0 Å². The van der Waals surface area contributed by atoms with E-state index in [4.69, 9.17) is 0 Å². The van der Waals surface area contributed by atoms with E-state index in [1.807, 2.05) is 0 Å². The summed E-state index contributed by atoms with van der Waals surface area (Å²) in [6.45, 7) is 0. The van der Waals surface area contributed by atoms with E-state index in [2.05, 4.69) is 5.43 Å². The number of rotatable bonds is 2. The smallest absolute Gasteiger partial charge is 0.264 e. The van der Waals surface area contributed by atoms with Crippen LogP contribution in [0.25, 0.3) is 0 Å². The number of pyridine rings is 1. The zero-order valence-electron chi connectivity index (χ0n) is 9.69. The molecule has 1 aromatic heterocycles. The third-order valence-corrected chi connectivity index (χ3v) is 2.42. The Kier molecular flexibility index (Phi) is 3.50. The van der Waals surface area contributed by atoms with Crippen molar-refractivity contribution in [1.82, 2.24) is 0 Å². The summed E-state index contributed by atoms with van der Waals surface area (Å²) >= 11 is 0. The molecule has 0 aliphatic carbocycles. The molecule has 6 heteroatoms. The molecule has 0 aliphatic heterocycles. The van der Waals surface area contributed by atoms with Crippen LogP contribution < -0.4 is 10.1 Å². The van der Waals surface area contributed by atoms with Gasteiger partial charge in [-0.3, -0.25) is 4.79 Å². The fourth-order valence-electron chi connectivity index (χ4n) is 1.47. The maximum atomic E-state index is 12.4. The predicted molar refractivity (Wildman–Crippen MR) is 61.8 cm³/mol. The van der Waals surface area contributed by atoms with E-state index in [1.54, 1.807) is 30.6 Å². The molecule has 1 N–H and O–H groups in total. The molecule has 0 saturated carbocycles. The number of carbonyl (C=O) groups is 1. The number of nitrogens with one attached hydrogen (secondary N) is 1. The summed E-state index contributed by atoms with van der Waals surface area (Å²) in [7, 11) is 0. The van der Waals surface area contributed by atoms with Crippen LogP contribution in [0.4, 0.5) is 13.2 Å². The van der Waals surface area contributed by atoms with Crippen molar-refractivity contribution in [3.63, 3.8) is 0 Å². The monoisotopic (exact) mass is 267 g/mol. The minimum absolute atomic E-state index is 0.157. The van der Waals surface area contributed by atoms with Gasteiger partial charge in [-0.05, 0) is 24.3 Å². The fourth-order valence-corrected chi connectivity index (χ4v) is 1.47. The number of alkyl halides is 3. The van der Waals surface area contributed by atoms with Gasteiger partial charge in [-0.15, -0.1) is 5.43 Å². The van der Waals surface area contributed by atoms with Gasteiger partial charge in [0.15, 0.2) is 12.4 Å². The number of amides is 1. The Morgan fingerprint density at radius 2 is 1.58 bits per heavy atom. The van der Waals surface area contributed by atoms with Crippen LogP contribution in [0, 0.1) is 0 Å². The van der Waals surface area contributed by atoms with Crippen LogP contribution in [0.3, 0.4) is 0 Å². The van der Waals surface area contributed by atoms with Crippen LogP contribution in [0.15, 0.2) is 54.9 Å². The van der Waals surface area contributed by atoms with Crippen molar-refractivity contribution in [2.45, 2.75) is 6.18 Å². The first-order valence-electron chi connectivity index (χ1n) is 5.42. The lowest BCUT2D eigenvalue weighted by Crippen LogP contribution is -2.47. The van der Waals surface area contributed by atoms with Crippen molar-refractivity contribution < 1.29 is 22.6 Å². The van der Waals surface area contributed by atoms with E-state index in [9.17, 15) is 18.0 Å². The minimum atomic E-state index is -4.40. The van der Waals surface area contributed by atoms with E-state index >= 15 is 0 Å². The normalized spacial score (nSPS) is 11.1. The van der Waals surface area contributed by atoms with E-state index in [-0.39, 0.29) is 5.56 Å². The summed E-state index contributed by atoms with van der Waals surface area (Å²) in [6.07, 6.45) is -1.17. The second-order valence-electron chi connectivity index (χ2n) is 3.80. The Labute approximate surface area is 107 Å². The highest BCUT2D eigenvalue weighted by Gasteiger charge is 2.30. The predicted octanol–water partition coefficient (Wildman–Crippen LogP) is 2.38. The third-order valence-electron chi connectivity index (χ3n) is 2.42. The fraction of sp³-hybridized carbons (Fsp3) is 0.0769. The number of hydrogen-bond donors (Lipinski definition) is 1. The summed E-state index contributed by atoms with van der Waals surface area (Å²) in [4.78, 5) is 11.8. The quantitative estimate of drug-likeness (QED) is 0.833. The van der Waals surface area contributed by atoms with Gasteiger partial charge in [0, 0.05) is 17.7 Å². The van der Waals surface area contributed by atoms with Gasteiger partial charge in [-0.2, -0.15) is 13.2 Å². The molecule has 0 spiro atoms. The van der Waals surface area contributed by atoms with Gasteiger partial charge in [0.25, 0.3) is 0 Å². The number of benzene rings is 1. The third kappa shape index (κ3) is 3.31. The Balaban J connectivity index is 2.12. The number of carbonyl (C=O) groups excluding carboxylic acids is 1. The van der Waals surface area contributed by atoms with E-state index < -0.39 is 17.6 Å².